The van der Waals surface area contributed by atoms with E-state index in [1.165, 1.54) is 18.9 Å². The van der Waals surface area contributed by atoms with Crippen molar-refractivity contribution in [1.82, 2.24) is 4.90 Å². The Morgan fingerprint density at radius 2 is 2.25 bits per heavy atom. The molecule has 0 saturated carbocycles. The summed E-state index contributed by atoms with van der Waals surface area (Å²) in [4.78, 5) is 4.51. The van der Waals surface area contributed by atoms with Crippen molar-refractivity contribution >= 4 is 5.69 Å². The summed E-state index contributed by atoms with van der Waals surface area (Å²) in [6, 6.07) is 5.54. The zero-order valence-electron chi connectivity index (χ0n) is 12.8. The number of hydrogen-bond acceptors (Lipinski definition) is 3. The highest BCUT2D eigenvalue weighted by molar-refractivity contribution is 5.55. The summed E-state index contributed by atoms with van der Waals surface area (Å²) in [5.74, 6) is -0.177. The number of para-hydroxylation sites is 1. The lowest BCUT2D eigenvalue weighted by molar-refractivity contribution is 0.270. The van der Waals surface area contributed by atoms with Gasteiger partial charge in [0.25, 0.3) is 0 Å². The fourth-order valence-corrected chi connectivity index (χ4v) is 3.23. The molecular formula is C16H26FN3. The average Bonchev–Trinajstić information content (AvgIpc) is 2.85. The third-order valence-corrected chi connectivity index (χ3v) is 4.28. The fraction of sp³-hybridized carbons (Fsp3) is 0.625. The van der Waals surface area contributed by atoms with Crippen LogP contribution in [0.5, 0.6) is 0 Å². The van der Waals surface area contributed by atoms with E-state index in [1.54, 1.807) is 6.07 Å². The molecule has 0 radical (unpaired) electrons. The minimum Gasteiger partial charge on any atom is -0.370 e. The molecule has 1 saturated heterocycles. The van der Waals surface area contributed by atoms with Crippen molar-refractivity contribution < 1.29 is 4.39 Å². The summed E-state index contributed by atoms with van der Waals surface area (Å²) < 4.78 is 14.2. The lowest BCUT2D eigenvalue weighted by atomic mass is 10.0. The third-order valence-electron chi connectivity index (χ3n) is 4.28. The first-order chi connectivity index (χ1) is 9.54. The first kappa shape index (κ1) is 15.3. The number of nitrogens with zero attached hydrogens (tertiary/aromatic N) is 2. The zero-order valence-corrected chi connectivity index (χ0v) is 12.8. The van der Waals surface area contributed by atoms with Crippen LogP contribution < -0.4 is 10.6 Å². The molecule has 1 fully saturated rings. The van der Waals surface area contributed by atoms with E-state index in [1.807, 2.05) is 24.9 Å². The maximum absolute atomic E-state index is 14.2. The van der Waals surface area contributed by atoms with Crippen LogP contribution in [0.3, 0.4) is 0 Å². The van der Waals surface area contributed by atoms with Crippen molar-refractivity contribution in [3.8, 4) is 0 Å². The number of benzene rings is 1. The summed E-state index contributed by atoms with van der Waals surface area (Å²) in [5.41, 5.74) is 7.52. The van der Waals surface area contributed by atoms with Gasteiger partial charge in [0.15, 0.2) is 0 Å². The third kappa shape index (κ3) is 3.13. The van der Waals surface area contributed by atoms with Crippen LogP contribution in [0.1, 0.15) is 38.3 Å². The number of halogens is 1. The highest BCUT2D eigenvalue weighted by Crippen LogP contribution is 2.29. The van der Waals surface area contributed by atoms with E-state index in [0.717, 1.165) is 25.2 Å². The van der Waals surface area contributed by atoms with E-state index >= 15 is 0 Å². The molecule has 1 heterocycles. The van der Waals surface area contributed by atoms with Gasteiger partial charge in [-0.1, -0.05) is 19.1 Å². The van der Waals surface area contributed by atoms with Gasteiger partial charge in [-0.05, 0) is 44.5 Å². The van der Waals surface area contributed by atoms with E-state index in [2.05, 4.69) is 11.8 Å². The number of hydrogen-bond donors (Lipinski definition) is 1. The lowest BCUT2D eigenvalue weighted by Gasteiger charge is -2.31. The van der Waals surface area contributed by atoms with Crippen LogP contribution in [-0.2, 0) is 0 Å². The molecule has 0 bridgehead atoms. The average molecular weight is 279 g/mol. The number of likely N-dealkylation sites (N-methyl/N-ethyl adjacent to an activating group) is 2. The van der Waals surface area contributed by atoms with Crippen LogP contribution in [0.25, 0.3) is 0 Å². The lowest BCUT2D eigenvalue weighted by Crippen LogP contribution is -2.39. The predicted octanol–water partition coefficient (Wildman–Crippen LogP) is 2.77. The van der Waals surface area contributed by atoms with Crippen LogP contribution in [-0.4, -0.2) is 37.6 Å². The van der Waals surface area contributed by atoms with E-state index < -0.39 is 0 Å². The van der Waals surface area contributed by atoms with Crippen molar-refractivity contribution in [3.63, 3.8) is 0 Å². The minimum atomic E-state index is -0.177. The molecule has 112 valence electrons. The summed E-state index contributed by atoms with van der Waals surface area (Å²) in [5, 5.41) is 0. The topological polar surface area (TPSA) is 32.5 Å². The standard InChI is InChI=1S/C16H26FN3/c1-4-20-10-6-7-13(20)11-19(3)16-14(12(2)18)8-5-9-15(16)17/h5,8-9,12-13H,4,6-7,10-11,18H2,1-3H3. The van der Waals surface area contributed by atoms with Gasteiger partial charge in [0.1, 0.15) is 5.82 Å². The van der Waals surface area contributed by atoms with Crippen LogP contribution >= 0.6 is 0 Å². The van der Waals surface area contributed by atoms with Gasteiger partial charge in [-0.2, -0.15) is 0 Å². The Bertz CT molecular complexity index is 447. The molecule has 4 heteroatoms. The molecule has 3 nitrogen and oxygen atoms in total. The largest absolute Gasteiger partial charge is 0.370 e. The van der Waals surface area contributed by atoms with E-state index in [0.29, 0.717) is 11.7 Å². The molecule has 1 aromatic carbocycles. The van der Waals surface area contributed by atoms with Crippen molar-refractivity contribution in [2.75, 3.05) is 31.6 Å². The molecule has 1 aliphatic heterocycles. The second kappa shape index (κ2) is 6.55. The van der Waals surface area contributed by atoms with Gasteiger partial charge in [-0.3, -0.25) is 4.90 Å². The van der Waals surface area contributed by atoms with Gasteiger partial charge in [0.05, 0.1) is 5.69 Å². The second-order valence-electron chi connectivity index (χ2n) is 5.77. The van der Waals surface area contributed by atoms with Crippen LogP contribution in [0.2, 0.25) is 0 Å². The Morgan fingerprint density at radius 1 is 1.50 bits per heavy atom. The Labute approximate surface area is 121 Å². The summed E-state index contributed by atoms with van der Waals surface area (Å²) in [6.45, 7) is 7.17. The molecule has 0 spiro atoms. The first-order valence-corrected chi connectivity index (χ1v) is 7.53. The Balaban J connectivity index is 2.18. The highest BCUT2D eigenvalue weighted by atomic mass is 19.1. The van der Waals surface area contributed by atoms with Gasteiger partial charge in [-0.15, -0.1) is 0 Å². The van der Waals surface area contributed by atoms with Crippen LogP contribution in [0.15, 0.2) is 18.2 Å². The molecule has 1 aromatic rings. The van der Waals surface area contributed by atoms with Crippen molar-refractivity contribution in [2.45, 2.75) is 38.8 Å². The summed E-state index contributed by atoms with van der Waals surface area (Å²) in [6.07, 6.45) is 2.43. The van der Waals surface area contributed by atoms with E-state index in [-0.39, 0.29) is 11.9 Å². The number of anilines is 1. The quantitative estimate of drug-likeness (QED) is 0.899. The SMILES string of the molecule is CCN1CCCC1CN(C)c1c(F)cccc1C(C)N. The summed E-state index contributed by atoms with van der Waals surface area (Å²) in [7, 11) is 1.97. The molecule has 2 N–H and O–H groups in total. The zero-order chi connectivity index (χ0) is 14.7. The van der Waals surface area contributed by atoms with Gasteiger partial charge >= 0.3 is 0 Å². The van der Waals surface area contributed by atoms with Crippen molar-refractivity contribution in [3.05, 3.63) is 29.6 Å². The fourth-order valence-electron chi connectivity index (χ4n) is 3.23. The molecule has 2 unspecified atom stereocenters. The molecule has 2 atom stereocenters. The van der Waals surface area contributed by atoms with Gasteiger partial charge in [0, 0.05) is 25.7 Å². The molecular weight excluding hydrogens is 253 g/mol. The summed E-state index contributed by atoms with van der Waals surface area (Å²) >= 11 is 0. The Hall–Kier alpha value is -1.13. The number of rotatable bonds is 5. The molecule has 20 heavy (non-hydrogen) atoms. The molecule has 2 rings (SSSR count). The van der Waals surface area contributed by atoms with E-state index in [9.17, 15) is 4.39 Å². The highest BCUT2D eigenvalue weighted by Gasteiger charge is 2.26. The maximum Gasteiger partial charge on any atom is 0.146 e. The van der Waals surface area contributed by atoms with Crippen LogP contribution in [0, 0.1) is 5.82 Å². The van der Waals surface area contributed by atoms with Gasteiger partial charge in [-0.25, -0.2) is 4.39 Å². The van der Waals surface area contributed by atoms with Crippen LogP contribution in [0.4, 0.5) is 10.1 Å². The molecule has 0 amide bonds. The Morgan fingerprint density at radius 3 is 2.90 bits per heavy atom. The van der Waals surface area contributed by atoms with Crippen molar-refractivity contribution in [2.24, 2.45) is 5.73 Å². The normalized spacial score (nSPS) is 21.1. The first-order valence-electron chi connectivity index (χ1n) is 7.53. The minimum absolute atomic E-state index is 0.158. The van der Waals surface area contributed by atoms with Gasteiger partial charge in [0.2, 0.25) is 0 Å². The molecule has 1 aliphatic rings. The number of likely N-dealkylation sites (tertiary alicyclic amines) is 1. The Kier molecular flexibility index (Phi) is 5.00. The molecule has 0 aliphatic carbocycles. The van der Waals surface area contributed by atoms with Gasteiger partial charge < -0.3 is 10.6 Å². The number of nitrogens with two attached hydrogens (primary N) is 1. The predicted molar refractivity (Wildman–Crippen MR) is 82.5 cm³/mol. The smallest absolute Gasteiger partial charge is 0.146 e. The maximum atomic E-state index is 14.2. The molecule has 0 aromatic heterocycles. The van der Waals surface area contributed by atoms with Crippen molar-refractivity contribution in [1.29, 1.82) is 0 Å². The monoisotopic (exact) mass is 279 g/mol. The second-order valence-corrected chi connectivity index (χ2v) is 5.77. The van der Waals surface area contributed by atoms with E-state index in [4.69, 9.17) is 5.73 Å².